The van der Waals surface area contributed by atoms with Crippen LogP contribution in [-0.2, 0) is 6.42 Å². The first-order valence-electron chi connectivity index (χ1n) is 10.0. The van der Waals surface area contributed by atoms with Crippen LogP contribution in [0.1, 0.15) is 46.5 Å². The number of hydrogen-bond acceptors (Lipinski definition) is 6. The van der Waals surface area contributed by atoms with Crippen LogP contribution in [0, 0.1) is 0 Å². The topological polar surface area (TPSA) is 72.1 Å². The van der Waals surface area contributed by atoms with Gasteiger partial charge < -0.3 is 9.32 Å². The Morgan fingerprint density at radius 1 is 1.19 bits per heavy atom. The van der Waals surface area contributed by atoms with Crippen molar-refractivity contribution >= 4 is 28.8 Å². The first-order chi connectivity index (χ1) is 15.2. The van der Waals surface area contributed by atoms with Gasteiger partial charge in [-0.3, -0.25) is 14.8 Å². The van der Waals surface area contributed by atoms with Gasteiger partial charge in [-0.05, 0) is 36.6 Å². The summed E-state index contributed by atoms with van der Waals surface area (Å²) >= 11 is 7.74. The lowest BCUT2D eigenvalue weighted by molar-refractivity contribution is 0.0715. The minimum atomic E-state index is -0.193. The fraction of sp³-hybridized carbons (Fsp3) is 0.217. The summed E-state index contributed by atoms with van der Waals surface area (Å²) in [6.07, 6.45) is 7.43. The molecule has 0 saturated carbocycles. The van der Waals surface area contributed by atoms with E-state index in [1.165, 1.54) is 11.3 Å². The molecule has 8 heteroatoms. The zero-order chi connectivity index (χ0) is 21.2. The van der Waals surface area contributed by atoms with E-state index in [0.717, 1.165) is 29.0 Å². The Bertz CT molecular complexity index is 1210. The van der Waals surface area contributed by atoms with Gasteiger partial charge >= 0.3 is 0 Å². The quantitative estimate of drug-likeness (QED) is 0.406. The molecule has 0 spiro atoms. The van der Waals surface area contributed by atoms with Crippen LogP contribution in [0.5, 0.6) is 0 Å². The Labute approximate surface area is 188 Å². The van der Waals surface area contributed by atoms with Gasteiger partial charge in [0.1, 0.15) is 11.8 Å². The standard InChI is InChI=1S/C23H19ClN4O2S/c24-18-7-2-1-5-15(18)11-16-12-27-22(30-16)19-8-4-10-28(19)23(29)17-6-3-9-26-21(17)20-13-25-14-31-20/h1-3,5-7,9,12-14,19H,4,8,10-11H2/t19-/m0/s1. The lowest BCUT2D eigenvalue weighted by Gasteiger charge is -2.23. The Morgan fingerprint density at radius 3 is 2.94 bits per heavy atom. The van der Waals surface area contributed by atoms with Crippen molar-refractivity contribution in [2.45, 2.75) is 25.3 Å². The second-order valence-electron chi connectivity index (χ2n) is 7.35. The average Bonchev–Trinajstić information content (AvgIpc) is 3.56. The van der Waals surface area contributed by atoms with Gasteiger partial charge in [0.15, 0.2) is 0 Å². The van der Waals surface area contributed by atoms with Gasteiger partial charge in [0.2, 0.25) is 5.89 Å². The largest absolute Gasteiger partial charge is 0.443 e. The SMILES string of the molecule is O=C(c1cccnc1-c1cncs1)N1CCC[C@H]1c1ncc(Cc2ccccc2Cl)o1. The molecule has 0 N–H and O–H groups in total. The third-order valence-electron chi connectivity index (χ3n) is 5.40. The Balaban J connectivity index is 1.40. The smallest absolute Gasteiger partial charge is 0.256 e. The summed E-state index contributed by atoms with van der Waals surface area (Å²) in [7, 11) is 0. The van der Waals surface area contributed by atoms with Crippen molar-refractivity contribution in [2.24, 2.45) is 0 Å². The van der Waals surface area contributed by atoms with Gasteiger partial charge in [0, 0.05) is 30.4 Å². The monoisotopic (exact) mass is 450 g/mol. The number of aromatic nitrogens is 3. The molecular formula is C23H19ClN4O2S. The van der Waals surface area contributed by atoms with Crippen LogP contribution in [0.15, 0.2) is 64.9 Å². The Morgan fingerprint density at radius 2 is 2.10 bits per heavy atom. The van der Waals surface area contributed by atoms with E-state index in [-0.39, 0.29) is 11.9 Å². The number of pyridine rings is 1. The number of carbonyl (C=O) groups is 1. The number of hydrogen-bond donors (Lipinski definition) is 0. The van der Waals surface area contributed by atoms with E-state index < -0.39 is 0 Å². The van der Waals surface area contributed by atoms with Crippen molar-refractivity contribution in [3.63, 3.8) is 0 Å². The Kier molecular flexibility index (Phi) is 5.53. The summed E-state index contributed by atoms with van der Waals surface area (Å²) in [5.41, 5.74) is 3.95. The van der Waals surface area contributed by atoms with E-state index >= 15 is 0 Å². The molecule has 1 amide bonds. The number of halogens is 1. The van der Waals surface area contributed by atoms with Crippen molar-refractivity contribution < 1.29 is 9.21 Å². The molecule has 1 aliphatic rings. The van der Waals surface area contributed by atoms with E-state index in [0.29, 0.717) is 35.1 Å². The highest BCUT2D eigenvalue weighted by Crippen LogP contribution is 2.35. The molecule has 1 atom stereocenters. The van der Waals surface area contributed by atoms with Crippen LogP contribution in [-0.4, -0.2) is 32.3 Å². The summed E-state index contributed by atoms with van der Waals surface area (Å²) in [6, 6.07) is 11.1. The zero-order valence-corrected chi connectivity index (χ0v) is 18.1. The van der Waals surface area contributed by atoms with Gasteiger partial charge in [-0.1, -0.05) is 29.8 Å². The molecule has 1 aromatic carbocycles. The summed E-state index contributed by atoms with van der Waals surface area (Å²) in [6.45, 7) is 0.656. The number of carbonyl (C=O) groups excluding carboxylic acids is 1. The number of nitrogens with zero attached hydrogens (tertiary/aromatic N) is 4. The second-order valence-corrected chi connectivity index (χ2v) is 8.65. The van der Waals surface area contributed by atoms with Crippen LogP contribution in [0.2, 0.25) is 5.02 Å². The third-order valence-corrected chi connectivity index (χ3v) is 6.55. The molecule has 31 heavy (non-hydrogen) atoms. The predicted octanol–water partition coefficient (Wildman–Crippen LogP) is 5.41. The maximum Gasteiger partial charge on any atom is 0.256 e. The summed E-state index contributed by atoms with van der Waals surface area (Å²) in [5.74, 6) is 1.23. The van der Waals surface area contributed by atoms with E-state index in [1.807, 2.05) is 35.2 Å². The number of amides is 1. The van der Waals surface area contributed by atoms with Gasteiger partial charge in [0.05, 0.1) is 27.8 Å². The van der Waals surface area contributed by atoms with Crippen molar-refractivity contribution in [3.05, 3.63) is 88.3 Å². The number of thiazole rings is 1. The fourth-order valence-electron chi connectivity index (χ4n) is 3.92. The molecule has 1 aliphatic heterocycles. The lowest BCUT2D eigenvalue weighted by atomic mass is 10.1. The number of rotatable bonds is 5. The van der Waals surface area contributed by atoms with Crippen molar-refractivity contribution in [1.29, 1.82) is 0 Å². The molecule has 0 bridgehead atoms. The average molecular weight is 451 g/mol. The molecule has 0 unspecified atom stereocenters. The van der Waals surface area contributed by atoms with Crippen LogP contribution in [0.4, 0.5) is 0 Å². The molecule has 0 aliphatic carbocycles. The molecule has 4 heterocycles. The van der Waals surface area contributed by atoms with Gasteiger partial charge in [0.25, 0.3) is 5.91 Å². The number of benzene rings is 1. The minimum absolute atomic E-state index is 0.0650. The van der Waals surface area contributed by atoms with E-state index in [2.05, 4.69) is 15.0 Å². The zero-order valence-electron chi connectivity index (χ0n) is 16.6. The molecule has 3 aromatic heterocycles. The van der Waals surface area contributed by atoms with Crippen LogP contribution in [0.25, 0.3) is 10.6 Å². The molecule has 5 rings (SSSR count). The third kappa shape index (κ3) is 3.98. The molecule has 0 radical (unpaired) electrons. The highest BCUT2D eigenvalue weighted by atomic mass is 35.5. The second kappa shape index (κ2) is 8.61. The van der Waals surface area contributed by atoms with E-state index in [9.17, 15) is 4.79 Å². The van der Waals surface area contributed by atoms with Crippen molar-refractivity contribution in [3.8, 4) is 10.6 Å². The van der Waals surface area contributed by atoms with E-state index in [1.54, 1.807) is 30.2 Å². The lowest BCUT2D eigenvalue weighted by Crippen LogP contribution is -2.31. The maximum atomic E-state index is 13.5. The van der Waals surface area contributed by atoms with E-state index in [4.69, 9.17) is 16.0 Å². The first-order valence-corrected chi connectivity index (χ1v) is 11.3. The first kappa shape index (κ1) is 19.9. The molecule has 156 valence electrons. The Hall–Kier alpha value is -3.03. The summed E-state index contributed by atoms with van der Waals surface area (Å²) in [5, 5.41) is 0.699. The number of oxazole rings is 1. The van der Waals surface area contributed by atoms with Crippen molar-refractivity contribution in [1.82, 2.24) is 19.9 Å². The van der Waals surface area contributed by atoms with Gasteiger partial charge in [-0.15, -0.1) is 11.3 Å². The van der Waals surface area contributed by atoms with Crippen LogP contribution >= 0.6 is 22.9 Å². The minimum Gasteiger partial charge on any atom is -0.443 e. The summed E-state index contributed by atoms with van der Waals surface area (Å²) < 4.78 is 6.06. The molecule has 6 nitrogen and oxygen atoms in total. The highest BCUT2D eigenvalue weighted by molar-refractivity contribution is 7.13. The molecule has 4 aromatic rings. The van der Waals surface area contributed by atoms with Crippen LogP contribution < -0.4 is 0 Å². The normalized spacial score (nSPS) is 16.0. The highest BCUT2D eigenvalue weighted by Gasteiger charge is 2.35. The molecule has 1 fully saturated rings. The maximum absolute atomic E-state index is 13.5. The predicted molar refractivity (Wildman–Crippen MR) is 119 cm³/mol. The summed E-state index contributed by atoms with van der Waals surface area (Å²) in [4.78, 5) is 29.2. The van der Waals surface area contributed by atoms with Crippen LogP contribution in [0.3, 0.4) is 0 Å². The van der Waals surface area contributed by atoms with Crippen molar-refractivity contribution in [2.75, 3.05) is 6.54 Å². The molecular weight excluding hydrogens is 432 g/mol. The van der Waals surface area contributed by atoms with Gasteiger partial charge in [-0.25, -0.2) is 4.98 Å². The van der Waals surface area contributed by atoms with Gasteiger partial charge in [-0.2, -0.15) is 0 Å². The number of likely N-dealkylation sites (tertiary alicyclic amines) is 1. The molecule has 1 saturated heterocycles. The fourth-order valence-corrected chi connectivity index (χ4v) is 4.75.